The van der Waals surface area contributed by atoms with E-state index in [4.69, 9.17) is 20.7 Å². The molecule has 2 aromatic carbocycles. The first kappa shape index (κ1) is 21.4. The average Bonchev–Trinajstić information content (AvgIpc) is 2.74. The second kappa shape index (κ2) is 9.93. The van der Waals surface area contributed by atoms with Crippen LogP contribution in [0.5, 0.6) is 5.75 Å². The number of piperidine rings is 3. The first-order valence-electron chi connectivity index (χ1n) is 9.89. The van der Waals surface area contributed by atoms with Gasteiger partial charge < -0.3 is 20.7 Å². The van der Waals surface area contributed by atoms with Crippen molar-refractivity contribution in [2.45, 2.75) is 18.9 Å². The Hall–Kier alpha value is -3.32. The Morgan fingerprint density at radius 3 is 2.10 bits per heavy atom. The highest BCUT2D eigenvalue weighted by Gasteiger charge is 2.35. The number of carboxylic acids is 2. The summed E-state index contributed by atoms with van der Waals surface area (Å²) in [6.07, 6.45) is 4.05. The number of carboxylic acid groups (broad SMARTS) is 2. The summed E-state index contributed by atoms with van der Waals surface area (Å²) in [6.45, 7) is 3.58. The standard InChI is InChI=1S/C19H22N2O.C4H4O4/c20-17-3-1-2-16(12-17)14-4-6-18(7-5-14)22-19-13-21-10-8-15(19)9-11-21;5-3(6)1-2-4(7)8/h1-7,12,15,19H,8-11,13,20H2;1-2H,(H,5,6)(H,7,8)/t19-;/m0./s1. The lowest BCUT2D eigenvalue weighted by Gasteiger charge is -2.44. The van der Waals surface area contributed by atoms with Crippen molar-refractivity contribution in [3.8, 4) is 16.9 Å². The van der Waals surface area contributed by atoms with Gasteiger partial charge in [0, 0.05) is 24.4 Å². The monoisotopic (exact) mass is 410 g/mol. The van der Waals surface area contributed by atoms with Gasteiger partial charge in [-0.3, -0.25) is 4.90 Å². The summed E-state index contributed by atoms with van der Waals surface area (Å²) in [7, 11) is 0. The number of nitrogens with two attached hydrogens (primary N) is 1. The smallest absolute Gasteiger partial charge is 0.328 e. The number of fused-ring (bicyclic) bond motifs is 3. The van der Waals surface area contributed by atoms with Gasteiger partial charge in [-0.15, -0.1) is 0 Å². The maximum absolute atomic E-state index is 9.55. The molecule has 0 amide bonds. The van der Waals surface area contributed by atoms with E-state index in [0.717, 1.165) is 29.5 Å². The molecule has 30 heavy (non-hydrogen) atoms. The van der Waals surface area contributed by atoms with Gasteiger partial charge in [-0.05, 0) is 67.2 Å². The largest absolute Gasteiger partial charge is 0.489 e. The molecule has 3 saturated heterocycles. The molecular weight excluding hydrogens is 384 g/mol. The number of nitrogen functional groups attached to an aromatic ring is 1. The van der Waals surface area contributed by atoms with Crippen LogP contribution in [0.1, 0.15) is 12.8 Å². The fraction of sp³-hybridized carbons (Fsp3) is 0.304. The summed E-state index contributed by atoms with van der Waals surface area (Å²) in [5.74, 6) is -0.801. The van der Waals surface area contributed by atoms with E-state index in [1.165, 1.54) is 31.5 Å². The summed E-state index contributed by atoms with van der Waals surface area (Å²) >= 11 is 0. The number of rotatable bonds is 5. The summed E-state index contributed by atoms with van der Waals surface area (Å²) in [4.78, 5) is 21.6. The van der Waals surface area contributed by atoms with Crippen LogP contribution in [0.15, 0.2) is 60.7 Å². The molecule has 0 aromatic heterocycles. The Morgan fingerprint density at radius 2 is 1.60 bits per heavy atom. The summed E-state index contributed by atoms with van der Waals surface area (Å²) in [5, 5.41) is 15.6. The Balaban J connectivity index is 0.000000275. The predicted octanol–water partition coefficient (Wildman–Crippen LogP) is 3.12. The fourth-order valence-corrected chi connectivity index (χ4v) is 3.81. The number of aliphatic carboxylic acids is 2. The van der Waals surface area contributed by atoms with Gasteiger partial charge in [-0.1, -0.05) is 24.3 Å². The molecule has 2 aromatic rings. The van der Waals surface area contributed by atoms with Gasteiger partial charge in [0.05, 0.1) is 0 Å². The molecule has 0 unspecified atom stereocenters. The van der Waals surface area contributed by atoms with Crippen LogP contribution in [-0.4, -0.2) is 52.8 Å². The third-order valence-electron chi connectivity index (χ3n) is 5.33. The second-order valence-electron chi connectivity index (χ2n) is 7.45. The second-order valence-corrected chi connectivity index (χ2v) is 7.45. The number of benzene rings is 2. The zero-order valence-corrected chi connectivity index (χ0v) is 16.6. The molecule has 3 heterocycles. The number of hydrogen-bond donors (Lipinski definition) is 3. The third kappa shape index (κ3) is 6.09. The van der Waals surface area contributed by atoms with E-state index in [9.17, 15) is 9.59 Å². The molecule has 2 bridgehead atoms. The normalized spacial score (nSPS) is 22.2. The van der Waals surface area contributed by atoms with Gasteiger partial charge in [0.1, 0.15) is 11.9 Å². The molecule has 1 atom stereocenters. The molecule has 3 aliphatic rings. The van der Waals surface area contributed by atoms with Crippen LogP contribution in [-0.2, 0) is 9.59 Å². The van der Waals surface area contributed by atoms with Crippen LogP contribution in [0.4, 0.5) is 5.69 Å². The zero-order valence-electron chi connectivity index (χ0n) is 16.6. The van der Waals surface area contributed by atoms with Crippen molar-refractivity contribution in [1.29, 1.82) is 0 Å². The van der Waals surface area contributed by atoms with Gasteiger partial charge >= 0.3 is 11.9 Å². The molecule has 7 heteroatoms. The van der Waals surface area contributed by atoms with Gasteiger partial charge in [0.25, 0.3) is 0 Å². The van der Waals surface area contributed by atoms with Crippen molar-refractivity contribution in [1.82, 2.24) is 4.90 Å². The molecule has 0 radical (unpaired) electrons. The van der Waals surface area contributed by atoms with E-state index in [-0.39, 0.29) is 0 Å². The Kier molecular flexibility index (Phi) is 7.08. The van der Waals surface area contributed by atoms with Gasteiger partial charge in [0.2, 0.25) is 0 Å². The van der Waals surface area contributed by atoms with Crippen molar-refractivity contribution in [2.24, 2.45) is 5.92 Å². The van der Waals surface area contributed by atoms with Gasteiger partial charge in [0.15, 0.2) is 0 Å². The van der Waals surface area contributed by atoms with Crippen LogP contribution in [0.25, 0.3) is 11.1 Å². The molecule has 158 valence electrons. The predicted molar refractivity (Wildman–Crippen MR) is 114 cm³/mol. The fourth-order valence-electron chi connectivity index (χ4n) is 3.81. The number of hydrogen-bond acceptors (Lipinski definition) is 5. The van der Waals surface area contributed by atoms with Crippen LogP contribution >= 0.6 is 0 Å². The highest BCUT2D eigenvalue weighted by atomic mass is 16.5. The highest BCUT2D eigenvalue weighted by molar-refractivity contribution is 5.89. The minimum atomic E-state index is -1.26. The average molecular weight is 410 g/mol. The van der Waals surface area contributed by atoms with E-state index < -0.39 is 11.9 Å². The maximum Gasteiger partial charge on any atom is 0.328 e. The van der Waals surface area contributed by atoms with E-state index in [1.54, 1.807) is 0 Å². The number of nitrogens with zero attached hydrogens (tertiary/aromatic N) is 1. The van der Waals surface area contributed by atoms with Crippen LogP contribution in [0, 0.1) is 5.92 Å². The van der Waals surface area contributed by atoms with Crippen LogP contribution in [0.3, 0.4) is 0 Å². The number of carbonyl (C=O) groups is 2. The highest BCUT2D eigenvalue weighted by Crippen LogP contribution is 2.31. The minimum absolute atomic E-state index is 0.362. The molecular formula is C23H26N2O5. The summed E-state index contributed by atoms with van der Waals surface area (Å²) in [5.41, 5.74) is 8.97. The van der Waals surface area contributed by atoms with E-state index >= 15 is 0 Å². The van der Waals surface area contributed by atoms with Crippen molar-refractivity contribution >= 4 is 17.6 Å². The quantitative estimate of drug-likeness (QED) is 0.513. The topological polar surface area (TPSA) is 113 Å². The summed E-state index contributed by atoms with van der Waals surface area (Å²) < 4.78 is 6.24. The van der Waals surface area contributed by atoms with Crippen molar-refractivity contribution in [2.75, 3.05) is 25.4 Å². The molecule has 0 aliphatic carbocycles. The van der Waals surface area contributed by atoms with E-state index in [0.29, 0.717) is 18.3 Å². The van der Waals surface area contributed by atoms with E-state index in [2.05, 4.69) is 35.2 Å². The molecule has 3 fully saturated rings. The van der Waals surface area contributed by atoms with Crippen LogP contribution in [0.2, 0.25) is 0 Å². The van der Waals surface area contributed by atoms with Crippen LogP contribution < -0.4 is 10.5 Å². The lowest BCUT2D eigenvalue weighted by atomic mass is 9.86. The number of anilines is 1. The lowest BCUT2D eigenvalue weighted by Crippen LogP contribution is -2.52. The van der Waals surface area contributed by atoms with Crippen molar-refractivity contribution in [3.05, 3.63) is 60.7 Å². The molecule has 0 saturated carbocycles. The Morgan fingerprint density at radius 1 is 0.967 bits per heavy atom. The molecule has 3 aliphatic heterocycles. The zero-order chi connectivity index (χ0) is 21.5. The number of ether oxygens (including phenoxy) is 1. The Bertz CT molecular complexity index is 886. The van der Waals surface area contributed by atoms with E-state index in [1.807, 2.05) is 18.2 Å². The molecule has 7 nitrogen and oxygen atoms in total. The molecule has 4 N–H and O–H groups in total. The third-order valence-corrected chi connectivity index (χ3v) is 5.33. The van der Waals surface area contributed by atoms with Gasteiger partial charge in [-0.2, -0.15) is 0 Å². The minimum Gasteiger partial charge on any atom is -0.489 e. The summed E-state index contributed by atoms with van der Waals surface area (Å²) in [6, 6.07) is 16.4. The first-order valence-corrected chi connectivity index (χ1v) is 9.89. The lowest BCUT2D eigenvalue weighted by molar-refractivity contribution is -0.134. The van der Waals surface area contributed by atoms with Gasteiger partial charge in [-0.25, -0.2) is 9.59 Å². The molecule has 0 spiro atoms. The van der Waals surface area contributed by atoms with Crippen molar-refractivity contribution < 1.29 is 24.5 Å². The van der Waals surface area contributed by atoms with Crippen molar-refractivity contribution in [3.63, 3.8) is 0 Å². The first-order chi connectivity index (χ1) is 14.4. The maximum atomic E-state index is 9.55. The molecule has 5 rings (SSSR count). The SMILES string of the molecule is Nc1cccc(-c2ccc(O[C@H]3CN4CCC3CC4)cc2)c1.O=C(O)C=CC(=O)O. The Labute approximate surface area is 175 Å².